The van der Waals surface area contributed by atoms with Crippen LogP contribution >= 0.6 is 0 Å². The van der Waals surface area contributed by atoms with E-state index < -0.39 is 54.9 Å². The average molecular weight is 498 g/mol. The smallest absolute Gasteiger partial charge is 0.433 e. The second-order valence-corrected chi connectivity index (χ2v) is 7.61. The fourth-order valence-electron chi connectivity index (χ4n) is 3.37. The Bertz CT molecular complexity index is 732. The van der Waals surface area contributed by atoms with Crippen LogP contribution in [0.15, 0.2) is 6.07 Å². The SMILES string of the molecule is CCC[C@H]1O[C@H](CO)[C@H](O)[C@H](O)[C@H]1Nc1nc(OCCOCCOCCN)cc(C(F)(F)F)n1. The van der Waals surface area contributed by atoms with Crippen molar-refractivity contribution < 1.29 is 47.4 Å². The first-order chi connectivity index (χ1) is 16.2. The van der Waals surface area contributed by atoms with Crippen molar-refractivity contribution >= 4 is 5.95 Å². The van der Waals surface area contributed by atoms with Gasteiger partial charge in [0, 0.05) is 12.6 Å². The van der Waals surface area contributed by atoms with Gasteiger partial charge in [0.25, 0.3) is 0 Å². The Kier molecular flexibility index (Phi) is 11.6. The third-order valence-corrected chi connectivity index (χ3v) is 5.00. The topological polar surface area (TPSA) is 161 Å². The molecule has 2 rings (SSSR count). The molecule has 0 saturated carbocycles. The highest BCUT2D eigenvalue weighted by atomic mass is 19.4. The van der Waals surface area contributed by atoms with Crippen LogP contribution in [0.5, 0.6) is 5.88 Å². The maximum absolute atomic E-state index is 13.4. The van der Waals surface area contributed by atoms with Gasteiger partial charge in [0.05, 0.1) is 45.2 Å². The lowest BCUT2D eigenvalue weighted by molar-refractivity contribution is -0.186. The number of anilines is 1. The van der Waals surface area contributed by atoms with E-state index in [1.54, 1.807) is 0 Å². The normalized spacial score (nSPS) is 25.4. The molecule has 5 atom stereocenters. The van der Waals surface area contributed by atoms with Crippen LogP contribution in [0.2, 0.25) is 0 Å². The molecule has 11 nitrogen and oxygen atoms in total. The fourth-order valence-corrected chi connectivity index (χ4v) is 3.37. The van der Waals surface area contributed by atoms with Gasteiger partial charge >= 0.3 is 6.18 Å². The molecule has 1 aromatic heterocycles. The number of hydrogen-bond acceptors (Lipinski definition) is 11. The standard InChI is InChI=1S/C20H33F3N4O7/c1-2-3-12-16(18(30)17(29)13(11-28)34-12)27-19-25-14(20(21,22)23)10-15(26-19)33-9-8-32-7-6-31-5-4-24/h10,12-13,16-18,28-30H,2-9,11,24H2,1H3,(H,25,26,27)/t12-,13-,16+,17+,18-/m1/s1. The Balaban J connectivity index is 2.09. The predicted octanol–water partition coefficient (Wildman–Crippen LogP) is -0.0718. The molecule has 0 bridgehead atoms. The molecule has 1 fully saturated rings. The van der Waals surface area contributed by atoms with E-state index in [0.29, 0.717) is 38.7 Å². The van der Waals surface area contributed by atoms with Crippen LogP contribution in [0.4, 0.5) is 19.1 Å². The summed E-state index contributed by atoms with van der Waals surface area (Å²) in [6.07, 6.45) is -8.38. The summed E-state index contributed by atoms with van der Waals surface area (Å²) >= 11 is 0. The van der Waals surface area contributed by atoms with Gasteiger partial charge in [-0.15, -0.1) is 0 Å². The quantitative estimate of drug-likeness (QED) is 0.218. The summed E-state index contributed by atoms with van der Waals surface area (Å²) in [5, 5.41) is 32.7. The van der Waals surface area contributed by atoms with Crippen LogP contribution in [0.25, 0.3) is 0 Å². The monoisotopic (exact) mass is 498 g/mol. The zero-order valence-corrected chi connectivity index (χ0v) is 18.9. The average Bonchev–Trinajstić information content (AvgIpc) is 2.79. The minimum atomic E-state index is -4.78. The molecule has 0 spiro atoms. The van der Waals surface area contributed by atoms with Crippen molar-refractivity contribution in [1.29, 1.82) is 0 Å². The number of aliphatic hydroxyl groups is 3. The molecule has 6 N–H and O–H groups in total. The third-order valence-electron chi connectivity index (χ3n) is 5.00. The summed E-state index contributed by atoms with van der Waals surface area (Å²) in [5.41, 5.74) is 4.05. The zero-order valence-electron chi connectivity index (χ0n) is 18.9. The number of nitrogens with one attached hydrogen (secondary N) is 1. The summed E-state index contributed by atoms with van der Waals surface area (Å²) < 4.78 is 61.5. The van der Waals surface area contributed by atoms with E-state index in [2.05, 4.69) is 15.3 Å². The Morgan fingerprint density at radius 3 is 2.35 bits per heavy atom. The Hall–Kier alpha value is -1.81. The lowest BCUT2D eigenvalue weighted by Crippen LogP contribution is -2.61. The van der Waals surface area contributed by atoms with E-state index in [4.69, 9.17) is 24.7 Å². The van der Waals surface area contributed by atoms with Gasteiger partial charge in [0.15, 0.2) is 5.69 Å². The maximum Gasteiger partial charge on any atom is 0.433 e. The molecular formula is C20H33F3N4O7. The van der Waals surface area contributed by atoms with Crippen LogP contribution in [-0.2, 0) is 20.4 Å². The highest BCUT2D eigenvalue weighted by molar-refractivity contribution is 5.34. The summed E-state index contributed by atoms with van der Waals surface area (Å²) in [5.74, 6) is -0.802. The second kappa shape index (κ2) is 13.9. The molecule has 0 aromatic carbocycles. The molecule has 0 aliphatic carbocycles. The Morgan fingerprint density at radius 1 is 1.06 bits per heavy atom. The van der Waals surface area contributed by atoms with Gasteiger partial charge < -0.3 is 45.3 Å². The second-order valence-electron chi connectivity index (χ2n) is 7.61. The van der Waals surface area contributed by atoms with Gasteiger partial charge in [-0.25, -0.2) is 4.98 Å². The van der Waals surface area contributed by atoms with Crippen molar-refractivity contribution in [3.8, 4) is 5.88 Å². The van der Waals surface area contributed by atoms with Gasteiger partial charge in [-0.3, -0.25) is 0 Å². The minimum Gasteiger partial charge on any atom is -0.475 e. The number of nitrogens with zero attached hydrogens (tertiary/aromatic N) is 2. The van der Waals surface area contributed by atoms with Crippen molar-refractivity contribution in [2.45, 2.75) is 56.4 Å². The van der Waals surface area contributed by atoms with Gasteiger partial charge in [0.2, 0.25) is 11.8 Å². The molecule has 1 aliphatic heterocycles. The van der Waals surface area contributed by atoms with Gasteiger partial charge in [-0.2, -0.15) is 18.2 Å². The van der Waals surface area contributed by atoms with Crippen LogP contribution in [0.3, 0.4) is 0 Å². The van der Waals surface area contributed by atoms with Crippen LogP contribution < -0.4 is 15.8 Å². The lowest BCUT2D eigenvalue weighted by Gasteiger charge is -2.42. The number of aliphatic hydroxyl groups excluding tert-OH is 3. The number of nitrogens with two attached hydrogens (primary N) is 1. The molecule has 196 valence electrons. The lowest BCUT2D eigenvalue weighted by atomic mass is 9.91. The zero-order chi connectivity index (χ0) is 25.1. The van der Waals surface area contributed by atoms with Crippen LogP contribution in [0.1, 0.15) is 25.5 Å². The van der Waals surface area contributed by atoms with E-state index in [1.165, 1.54) is 0 Å². The molecule has 0 radical (unpaired) electrons. The maximum atomic E-state index is 13.4. The van der Waals surface area contributed by atoms with Crippen molar-refractivity contribution in [1.82, 2.24) is 9.97 Å². The number of alkyl halides is 3. The van der Waals surface area contributed by atoms with Crippen molar-refractivity contribution in [3.05, 3.63) is 11.8 Å². The summed E-state index contributed by atoms with van der Waals surface area (Å²) in [7, 11) is 0. The number of aromatic nitrogens is 2. The number of hydrogen-bond donors (Lipinski definition) is 5. The van der Waals surface area contributed by atoms with Crippen molar-refractivity contribution in [2.24, 2.45) is 5.73 Å². The van der Waals surface area contributed by atoms with Gasteiger partial charge in [0.1, 0.15) is 24.9 Å². The molecule has 1 aliphatic rings. The largest absolute Gasteiger partial charge is 0.475 e. The van der Waals surface area contributed by atoms with Crippen molar-refractivity contribution in [3.63, 3.8) is 0 Å². The Labute approximate surface area is 195 Å². The summed E-state index contributed by atoms with van der Waals surface area (Å²) in [6.45, 7) is 2.72. The van der Waals surface area contributed by atoms with Gasteiger partial charge in [-0.05, 0) is 6.42 Å². The molecule has 1 aromatic rings. The molecule has 34 heavy (non-hydrogen) atoms. The highest BCUT2D eigenvalue weighted by Gasteiger charge is 2.44. The predicted molar refractivity (Wildman–Crippen MR) is 113 cm³/mol. The highest BCUT2D eigenvalue weighted by Crippen LogP contribution is 2.31. The summed E-state index contributed by atoms with van der Waals surface area (Å²) in [6, 6.07) is -0.366. The number of rotatable bonds is 14. The molecule has 0 unspecified atom stereocenters. The fraction of sp³-hybridized carbons (Fsp3) is 0.800. The molecule has 1 saturated heterocycles. The minimum absolute atomic E-state index is 0.0742. The van der Waals surface area contributed by atoms with Crippen LogP contribution in [-0.4, -0.2) is 102 Å². The first-order valence-electron chi connectivity index (χ1n) is 11.0. The molecule has 2 heterocycles. The third kappa shape index (κ3) is 8.45. The first-order valence-corrected chi connectivity index (χ1v) is 11.0. The Morgan fingerprint density at radius 2 is 1.74 bits per heavy atom. The van der Waals surface area contributed by atoms with Crippen LogP contribution in [0, 0.1) is 0 Å². The summed E-state index contributed by atoms with van der Waals surface area (Å²) in [4.78, 5) is 7.45. The molecular weight excluding hydrogens is 465 g/mol. The van der Waals surface area contributed by atoms with Gasteiger partial charge in [-0.1, -0.05) is 13.3 Å². The van der Waals surface area contributed by atoms with E-state index >= 15 is 0 Å². The number of ether oxygens (including phenoxy) is 4. The van der Waals surface area contributed by atoms with E-state index in [-0.39, 0.29) is 25.7 Å². The van der Waals surface area contributed by atoms with E-state index in [1.807, 2.05) is 6.92 Å². The first kappa shape index (κ1) is 28.4. The number of halogens is 3. The van der Waals surface area contributed by atoms with E-state index in [9.17, 15) is 28.5 Å². The van der Waals surface area contributed by atoms with E-state index in [0.717, 1.165) is 0 Å². The molecule has 0 amide bonds. The van der Waals surface area contributed by atoms with Crippen molar-refractivity contribution in [2.75, 3.05) is 51.5 Å². The molecule has 14 heteroatoms.